The largest absolute Gasteiger partial charge is 0.494 e. The Bertz CT molecular complexity index is 583. The first-order chi connectivity index (χ1) is 11.7. The zero-order valence-corrected chi connectivity index (χ0v) is 13.8. The molecule has 0 unspecified atom stereocenters. The van der Waals surface area contributed by atoms with Gasteiger partial charge < -0.3 is 14.8 Å². The summed E-state index contributed by atoms with van der Waals surface area (Å²) in [6, 6.07) is 7.32. The molecule has 0 bridgehead atoms. The Labute approximate surface area is 141 Å². The van der Waals surface area contributed by atoms with Crippen LogP contribution in [0.2, 0.25) is 0 Å². The van der Waals surface area contributed by atoms with E-state index in [4.69, 9.17) is 9.47 Å². The molecule has 0 spiro atoms. The number of rotatable bonds is 7. The Balaban J connectivity index is 1.75. The van der Waals surface area contributed by atoms with Gasteiger partial charge in [-0.15, -0.1) is 0 Å². The number of carbonyl (C=O) groups is 2. The van der Waals surface area contributed by atoms with Crippen LogP contribution in [-0.4, -0.2) is 43.9 Å². The maximum atomic E-state index is 11.6. The van der Waals surface area contributed by atoms with Gasteiger partial charge in [0.05, 0.1) is 18.9 Å². The maximum absolute atomic E-state index is 11.6. The molecule has 1 fully saturated rings. The van der Waals surface area contributed by atoms with Crippen LogP contribution in [0.5, 0.6) is 5.75 Å². The molecule has 2 N–H and O–H groups in total. The van der Waals surface area contributed by atoms with E-state index in [0.29, 0.717) is 19.8 Å². The number of ether oxygens (including phenoxy) is 2. The molecule has 0 saturated carbocycles. The van der Waals surface area contributed by atoms with Crippen molar-refractivity contribution in [3.63, 3.8) is 0 Å². The van der Waals surface area contributed by atoms with Crippen molar-refractivity contribution in [2.75, 3.05) is 19.8 Å². The molecule has 0 aliphatic carbocycles. The monoisotopic (exact) mass is 333 g/mol. The quantitative estimate of drug-likeness (QED) is 0.446. The number of amides is 2. The van der Waals surface area contributed by atoms with Crippen LogP contribution in [0.4, 0.5) is 0 Å². The van der Waals surface area contributed by atoms with Crippen LogP contribution in [0, 0.1) is 0 Å². The first-order valence-electron chi connectivity index (χ1n) is 8.14. The third-order valence-corrected chi connectivity index (χ3v) is 3.43. The molecule has 1 heterocycles. The maximum Gasteiger partial charge on any atom is 0.329 e. The molecule has 1 aromatic rings. The number of hydrogen-bond donors (Lipinski definition) is 2. The van der Waals surface area contributed by atoms with E-state index in [-0.39, 0.29) is 6.10 Å². The Hall–Kier alpha value is -2.41. The molecular weight excluding hydrogens is 310 g/mol. The van der Waals surface area contributed by atoms with Crippen molar-refractivity contribution in [3.8, 4) is 5.75 Å². The van der Waals surface area contributed by atoms with E-state index in [0.717, 1.165) is 30.6 Å². The van der Waals surface area contributed by atoms with Crippen molar-refractivity contribution in [3.05, 3.63) is 29.8 Å². The summed E-state index contributed by atoms with van der Waals surface area (Å²) in [6.07, 6.45) is 4.27. The van der Waals surface area contributed by atoms with Crippen molar-refractivity contribution in [1.82, 2.24) is 10.7 Å². The Morgan fingerprint density at radius 1 is 1.42 bits per heavy atom. The van der Waals surface area contributed by atoms with E-state index in [1.165, 1.54) is 6.21 Å². The Kier molecular flexibility index (Phi) is 7.22. The minimum absolute atomic E-state index is 0.00360. The molecule has 130 valence electrons. The fraction of sp³-hybridized carbons (Fsp3) is 0.471. The van der Waals surface area contributed by atoms with Crippen LogP contribution < -0.4 is 15.5 Å². The lowest BCUT2D eigenvalue weighted by atomic mass is 10.2. The third kappa shape index (κ3) is 6.00. The summed E-state index contributed by atoms with van der Waals surface area (Å²) >= 11 is 0. The van der Waals surface area contributed by atoms with Gasteiger partial charge in [0.15, 0.2) is 0 Å². The third-order valence-electron chi connectivity index (χ3n) is 3.43. The molecule has 7 heteroatoms. The first-order valence-corrected chi connectivity index (χ1v) is 8.14. The lowest BCUT2D eigenvalue weighted by Gasteiger charge is -2.09. The number of nitrogens with one attached hydrogen (secondary N) is 2. The van der Waals surface area contributed by atoms with Gasteiger partial charge in [-0.1, -0.05) is 19.1 Å². The second-order valence-corrected chi connectivity index (χ2v) is 5.47. The van der Waals surface area contributed by atoms with Gasteiger partial charge in [-0.25, -0.2) is 5.43 Å². The van der Waals surface area contributed by atoms with Gasteiger partial charge in [0.25, 0.3) is 0 Å². The van der Waals surface area contributed by atoms with E-state index in [2.05, 4.69) is 15.8 Å². The predicted molar refractivity (Wildman–Crippen MR) is 89.9 cm³/mol. The average Bonchev–Trinajstić information content (AvgIpc) is 3.11. The molecule has 1 aliphatic rings. The van der Waals surface area contributed by atoms with Crippen molar-refractivity contribution in [1.29, 1.82) is 0 Å². The van der Waals surface area contributed by atoms with Gasteiger partial charge in [-0.05, 0) is 37.0 Å². The fourth-order valence-electron chi connectivity index (χ4n) is 2.21. The van der Waals surface area contributed by atoms with Crippen molar-refractivity contribution < 1.29 is 19.1 Å². The molecule has 1 atom stereocenters. The highest BCUT2D eigenvalue weighted by Gasteiger charge is 2.18. The summed E-state index contributed by atoms with van der Waals surface area (Å²) in [7, 11) is 0. The zero-order chi connectivity index (χ0) is 17.2. The number of carbonyl (C=O) groups excluding carboxylic acids is 2. The summed E-state index contributed by atoms with van der Waals surface area (Å²) in [4.78, 5) is 23.3. The number of hydrazone groups is 1. The molecular formula is C17H23N3O4. The van der Waals surface area contributed by atoms with Gasteiger partial charge in [0.1, 0.15) is 5.75 Å². The van der Waals surface area contributed by atoms with Gasteiger partial charge in [-0.2, -0.15) is 5.10 Å². The molecule has 24 heavy (non-hydrogen) atoms. The second kappa shape index (κ2) is 9.67. The molecule has 0 radical (unpaired) electrons. The number of nitrogens with zero attached hydrogens (tertiary/aromatic N) is 1. The molecule has 2 rings (SSSR count). The van der Waals surface area contributed by atoms with Crippen molar-refractivity contribution >= 4 is 18.0 Å². The van der Waals surface area contributed by atoms with E-state index in [1.54, 1.807) is 0 Å². The predicted octanol–water partition coefficient (Wildman–Crippen LogP) is 1.22. The number of hydrogen-bond acceptors (Lipinski definition) is 5. The Morgan fingerprint density at radius 3 is 3.04 bits per heavy atom. The van der Waals surface area contributed by atoms with Crippen LogP contribution in [-0.2, 0) is 14.3 Å². The van der Waals surface area contributed by atoms with Crippen molar-refractivity contribution in [2.45, 2.75) is 32.3 Å². The lowest BCUT2D eigenvalue weighted by molar-refractivity contribution is -0.139. The minimum atomic E-state index is -0.803. The minimum Gasteiger partial charge on any atom is -0.494 e. The van der Waals surface area contributed by atoms with E-state index < -0.39 is 11.8 Å². The molecule has 0 aromatic heterocycles. The van der Waals surface area contributed by atoms with Gasteiger partial charge in [-0.3, -0.25) is 9.59 Å². The zero-order valence-electron chi connectivity index (χ0n) is 13.8. The number of benzene rings is 1. The summed E-state index contributed by atoms with van der Waals surface area (Å²) in [5.74, 6) is -0.785. The van der Waals surface area contributed by atoms with Crippen molar-refractivity contribution in [2.24, 2.45) is 5.10 Å². The summed E-state index contributed by atoms with van der Waals surface area (Å²) in [6.45, 7) is 3.72. The van der Waals surface area contributed by atoms with Crippen LogP contribution >= 0.6 is 0 Å². The molecule has 1 aliphatic heterocycles. The highest BCUT2D eigenvalue weighted by Crippen LogP contribution is 2.12. The lowest BCUT2D eigenvalue weighted by Crippen LogP contribution is -2.41. The molecule has 2 amide bonds. The molecule has 1 aromatic carbocycles. The van der Waals surface area contributed by atoms with Crippen LogP contribution in [0.25, 0.3) is 0 Å². The summed E-state index contributed by atoms with van der Waals surface area (Å²) in [5, 5.41) is 6.33. The smallest absolute Gasteiger partial charge is 0.329 e. The van der Waals surface area contributed by atoms with E-state index in [9.17, 15) is 9.59 Å². The summed E-state index contributed by atoms with van der Waals surface area (Å²) in [5.41, 5.74) is 2.97. The van der Waals surface area contributed by atoms with Gasteiger partial charge >= 0.3 is 11.8 Å². The first kappa shape index (κ1) is 17.9. The SMILES string of the molecule is CCCOc1cccc(/C=N\NC(=O)C(=O)NC[C@H]2CCCO2)c1. The van der Waals surface area contributed by atoms with E-state index in [1.807, 2.05) is 31.2 Å². The fourth-order valence-corrected chi connectivity index (χ4v) is 2.21. The molecule has 1 saturated heterocycles. The standard InChI is InChI=1S/C17H23N3O4/c1-2-8-23-14-6-3-5-13(10-14)11-19-20-17(22)16(21)18-12-15-7-4-9-24-15/h3,5-6,10-11,15H,2,4,7-9,12H2,1H3,(H,18,21)(H,20,22)/b19-11-/t15-/m1/s1. The van der Waals surface area contributed by atoms with Crippen LogP contribution in [0.3, 0.4) is 0 Å². The Morgan fingerprint density at radius 2 is 2.29 bits per heavy atom. The normalized spacial score (nSPS) is 17.0. The van der Waals surface area contributed by atoms with Crippen LogP contribution in [0.1, 0.15) is 31.7 Å². The average molecular weight is 333 g/mol. The van der Waals surface area contributed by atoms with Gasteiger partial charge in [0.2, 0.25) is 0 Å². The van der Waals surface area contributed by atoms with E-state index >= 15 is 0 Å². The molecule has 7 nitrogen and oxygen atoms in total. The second-order valence-electron chi connectivity index (χ2n) is 5.47. The van der Waals surface area contributed by atoms with Gasteiger partial charge in [0, 0.05) is 13.2 Å². The van der Waals surface area contributed by atoms with Crippen LogP contribution in [0.15, 0.2) is 29.4 Å². The highest BCUT2D eigenvalue weighted by atomic mass is 16.5. The highest BCUT2D eigenvalue weighted by molar-refractivity contribution is 6.35. The summed E-state index contributed by atoms with van der Waals surface area (Å²) < 4.78 is 10.9. The topological polar surface area (TPSA) is 89.0 Å².